The van der Waals surface area contributed by atoms with E-state index in [4.69, 9.17) is 4.74 Å². The molecule has 2 unspecified atom stereocenters. The number of nitrogens with zero attached hydrogens (tertiary/aromatic N) is 3. The number of likely N-dealkylation sites (tertiary alicyclic amines) is 1. The molecule has 0 saturated carbocycles. The molecule has 27 heavy (non-hydrogen) atoms. The summed E-state index contributed by atoms with van der Waals surface area (Å²) < 4.78 is 20.1. The number of carbonyl (C=O) groups is 2. The van der Waals surface area contributed by atoms with Gasteiger partial charge in [0.2, 0.25) is 0 Å². The van der Waals surface area contributed by atoms with Crippen LogP contribution in [-0.4, -0.2) is 52.0 Å². The van der Waals surface area contributed by atoms with Gasteiger partial charge >= 0.3 is 12.1 Å². The van der Waals surface area contributed by atoms with Crippen molar-refractivity contribution in [3.8, 4) is 5.69 Å². The molecule has 1 aromatic heterocycles. The van der Waals surface area contributed by atoms with Crippen molar-refractivity contribution >= 4 is 12.1 Å². The minimum absolute atomic E-state index is 0.0380. The highest BCUT2D eigenvalue weighted by atomic mass is 19.1. The lowest BCUT2D eigenvalue weighted by atomic mass is 9.62. The average molecular weight is 373 g/mol. The van der Waals surface area contributed by atoms with Gasteiger partial charge in [0.05, 0.1) is 24.4 Å². The van der Waals surface area contributed by atoms with Crippen LogP contribution >= 0.6 is 0 Å². The first-order chi connectivity index (χ1) is 12.9. The Balaban J connectivity index is 1.74. The molecule has 0 spiro atoms. The van der Waals surface area contributed by atoms with Gasteiger partial charge in [0, 0.05) is 18.8 Å². The van der Waals surface area contributed by atoms with E-state index < -0.39 is 11.5 Å². The number of ether oxygens (including phenoxy) is 1. The van der Waals surface area contributed by atoms with E-state index in [0.29, 0.717) is 25.8 Å². The number of carboxylic acid groups (broad SMARTS) is 1. The summed E-state index contributed by atoms with van der Waals surface area (Å²) in [7, 11) is 1.34. The fourth-order valence-electron chi connectivity index (χ4n) is 4.46. The Labute approximate surface area is 155 Å². The smallest absolute Gasteiger partial charge is 0.407 e. The molecule has 2 atom stereocenters. The van der Waals surface area contributed by atoms with Gasteiger partial charge in [0.1, 0.15) is 5.82 Å². The molecular weight excluding hydrogens is 353 g/mol. The third kappa shape index (κ3) is 2.75. The molecule has 1 amide bonds. The van der Waals surface area contributed by atoms with Gasteiger partial charge < -0.3 is 14.7 Å². The van der Waals surface area contributed by atoms with Crippen LogP contribution in [0.5, 0.6) is 0 Å². The van der Waals surface area contributed by atoms with Gasteiger partial charge in [0.15, 0.2) is 0 Å². The number of benzene rings is 1. The van der Waals surface area contributed by atoms with E-state index in [2.05, 4.69) is 5.10 Å². The van der Waals surface area contributed by atoms with Gasteiger partial charge in [-0.2, -0.15) is 5.10 Å². The first-order valence-corrected chi connectivity index (χ1v) is 8.82. The minimum atomic E-state index is -1.02. The highest BCUT2D eigenvalue weighted by molar-refractivity contribution is 5.80. The van der Waals surface area contributed by atoms with Crippen LogP contribution in [0.4, 0.5) is 9.18 Å². The number of carbonyl (C=O) groups excluding carboxylic acids is 1. The summed E-state index contributed by atoms with van der Waals surface area (Å²) in [5.74, 6) is -0.729. The molecule has 0 radical (unpaired) electrons. The third-order valence-electron chi connectivity index (χ3n) is 5.84. The molecule has 2 heterocycles. The zero-order chi connectivity index (χ0) is 19.2. The van der Waals surface area contributed by atoms with Gasteiger partial charge in [-0.1, -0.05) is 0 Å². The Hall–Kier alpha value is -2.90. The molecule has 1 N–H and O–H groups in total. The Kier molecular flexibility index (Phi) is 4.13. The van der Waals surface area contributed by atoms with Crippen molar-refractivity contribution in [1.82, 2.24) is 14.7 Å². The molecule has 1 aromatic carbocycles. The molecule has 0 bridgehead atoms. The predicted molar refractivity (Wildman–Crippen MR) is 93.1 cm³/mol. The molecule has 4 rings (SSSR count). The van der Waals surface area contributed by atoms with E-state index in [1.807, 2.05) is 0 Å². The highest BCUT2D eigenvalue weighted by Gasteiger charge is 2.54. The quantitative estimate of drug-likeness (QED) is 0.817. The Bertz CT molecular complexity index is 895. The van der Waals surface area contributed by atoms with E-state index in [9.17, 15) is 19.1 Å². The molecule has 7 nitrogen and oxygen atoms in total. The number of piperidine rings is 1. The average Bonchev–Trinajstić information content (AvgIpc) is 3.07. The van der Waals surface area contributed by atoms with Crippen molar-refractivity contribution in [2.75, 3.05) is 20.2 Å². The van der Waals surface area contributed by atoms with Crippen molar-refractivity contribution in [3.63, 3.8) is 0 Å². The fourth-order valence-corrected chi connectivity index (χ4v) is 4.46. The van der Waals surface area contributed by atoms with E-state index in [-0.39, 0.29) is 24.2 Å². The monoisotopic (exact) mass is 373 g/mol. The number of esters is 1. The highest BCUT2D eigenvalue weighted by Crippen LogP contribution is 2.46. The molecule has 2 aliphatic rings. The lowest BCUT2D eigenvalue weighted by Crippen LogP contribution is -2.58. The van der Waals surface area contributed by atoms with Crippen LogP contribution in [0.1, 0.15) is 17.7 Å². The number of methoxy groups -OCH3 is 1. The maximum absolute atomic E-state index is 13.2. The van der Waals surface area contributed by atoms with E-state index in [0.717, 1.165) is 16.9 Å². The first kappa shape index (κ1) is 17.5. The molecule has 1 aliphatic heterocycles. The summed E-state index contributed by atoms with van der Waals surface area (Å²) in [6, 6.07) is 6.10. The molecule has 8 heteroatoms. The van der Waals surface area contributed by atoms with Crippen LogP contribution in [-0.2, 0) is 22.4 Å². The zero-order valence-corrected chi connectivity index (χ0v) is 14.9. The summed E-state index contributed by atoms with van der Waals surface area (Å²) in [5, 5.41) is 13.8. The lowest BCUT2D eigenvalue weighted by molar-refractivity contribution is -0.161. The summed E-state index contributed by atoms with van der Waals surface area (Å²) in [6.07, 6.45) is 2.24. The minimum Gasteiger partial charge on any atom is -0.469 e. The Morgan fingerprint density at radius 1 is 1.33 bits per heavy atom. The molecule has 1 saturated heterocycles. The Morgan fingerprint density at radius 2 is 2.07 bits per heavy atom. The standard InChI is InChI=1S/C19H20FN3O4/c1-27-17(24)19-9-12-10-21-23(15-4-2-14(20)3-5-15)16(12)8-13(19)6-7-22(11-19)18(25)26/h2-5,10,13H,6-9,11H2,1H3,(H,25,26). The predicted octanol–water partition coefficient (Wildman–Crippen LogP) is 2.27. The SMILES string of the molecule is COC(=O)C12Cc3cnn(-c4ccc(F)cc4)c3CC1CCN(C(=O)O)C2. The van der Waals surface area contributed by atoms with Gasteiger partial charge in [0.25, 0.3) is 0 Å². The maximum atomic E-state index is 13.2. The zero-order valence-electron chi connectivity index (χ0n) is 14.9. The third-order valence-corrected chi connectivity index (χ3v) is 5.84. The van der Waals surface area contributed by atoms with E-state index in [1.54, 1.807) is 23.0 Å². The number of amides is 1. The van der Waals surface area contributed by atoms with Gasteiger partial charge in [-0.15, -0.1) is 0 Å². The van der Waals surface area contributed by atoms with Crippen molar-refractivity contribution < 1.29 is 23.8 Å². The van der Waals surface area contributed by atoms with Gasteiger partial charge in [-0.25, -0.2) is 13.9 Å². The normalized spacial score (nSPS) is 24.1. The van der Waals surface area contributed by atoms with Crippen LogP contribution < -0.4 is 0 Å². The van der Waals surface area contributed by atoms with Crippen LogP contribution in [0, 0.1) is 17.2 Å². The molecule has 142 valence electrons. The number of halogens is 1. The van der Waals surface area contributed by atoms with Crippen LogP contribution in [0.2, 0.25) is 0 Å². The van der Waals surface area contributed by atoms with E-state index >= 15 is 0 Å². The molecular formula is C19H20FN3O4. The maximum Gasteiger partial charge on any atom is 0.407 e. The summed E-state index contributed by atoms with van der Waals surface area (Å²) >= 11 is 0. The Morgan fingerprint density at radius 3 is 2.74 bits per heavy atom. The first-order valence-electron chi connectivity index (χ1n) is 8.82. The lowest BCUT2D eigenvalue weighted by Gasteiger charge is -2.47. The number of aromatic nitrogens is 2. The van der Waals surface area contributed by atoms with Crippen LogP contribution in [0.25, 0.3) is 5.69 Å². The van der Waals surface area contributed by atoms with Gasteiger partial charge in [-0.3, -0.25) is 4.79 Å². The van der Waals surface area contributed by atoms with Crippen molar-refractivity contribution in [2.45, 2.75) is 19.3 Å². The number of fused-ring (bicyclic) bond motifs is 2. The summed E-state index contributed by atoms with van der Waals surface area (Å²) in [6.45, 7) is 0.513. The summed E-state index contributed by atoms with van der Waals surface area (Å²) in [4.78, 5) is 25.5. The largest absolute Gasteiger partial charge is 0.469 e. The molecule has 2 aromatic rings. The second-order valence-electron chi connectivity index (χ2n) is 7.22. The van der Waals surface area contributed by atoms with Crippen molar-refractivity contribution in [3.05, 3.63) is 47.5 Å². The number of rotatable bonds is 2. The fraction of sp³-hybridized carbons (Fsp3) is 0.421. The van der Waals surface area contributed by atoms with Crippen LogP contribution in [0.3, 0.4) is 0 Å². The van der Waals surface area contributed by atoms with E-state index in [1.165, 1.54) is 24.1 Å². The van der Waals surface area contributed by atoms with Gasteiger partial charge in [-0.05, 0) is 55.0 Å². The molecule has 1 aliphatic carbocycles. The summed E-state index contributed by atoms with van der Waals surface area (Å²) in [5.41, 5.74) is 1.74. The molecule has 1 fully saturated rings. The topological polar surface area (TPSA) is 84.7 Å². The second kappa shape index (κ2) is 6.37. The number of hydrogen-bond donors (Lipinski definition) is 1. The van der Waals surface area contributed by atoms with Crippen LogP contribution in [0.15, 0.2) is 30.5 Å². The second-order valence-corrected chi connectivity index (χ2v) is 7.22. The number of hydrogen-bond acceptors (Lipinski definition) is 4. The van der Waals surface area contributed by atoms with Crippen molar-refractivity contribution in [2.24, 2.45) is 11.3 Å². The van der Waals surface area contributed by atoms with Crippen molar-refractivity contribution in [1.29, 1.82) is 0 Å².